The van der Waals surface area contributed by atoms with Crippen molar-refractivity contribution in [3.8, 4) is 0 Å². The van der Waals surface area contributed by atoms with Crippen LogP contribution in [0.5, 0.6) is 0 Å². The normalized spacial score (nSPS) is 24.0. The van der Waals surface area contributed by atoms with Crippen molar-refractivity contribution >= 4 is 34.2 Å². The van der Waals surface area contributed by atoms with E-state index in [4.69, 9.17) is 4.74 Å². The van der Waals surface area contributed by atoms with Gasteiger partial charge in [0.05, 0.1) is 25.0 Å². The van der Waals surface area contributed by atoms with Crippen molar-refractivity contribution in [2.75, 3.05) is 48.0 Å². The molecule has 0 saturated carbocycles. The number of cyclic esters (lactones) is 1. The van der Waals surface area contributed by atoms with Crippen LogP contribution in [0, 0.1) is 5.82 Å². The highest BCUT2D eigenvalue weighted by Crippen LogP contribution is 2.28. The molecule has 2 aliphatic rings. The van der Waals surface area contributed by atoms with Gasteiger partial charge in [0.1, 0.15) is 5.82 Å². The van der Waals surface area contributed by atoms with Crippen LogP contribution >= 0.6 is 0 Å². The molecule has 25 heavy (non-hydrogen) atoms. The van der Waals surface area contributed by atoms with Crippen LogP contribution in [0.1, 0.15) is 6.42 Å². The molecular weight excluding hydrogens is 351 g/mol. The van der Waals surface area contributed by atoms with Crippen LogP contribution in [0.25, 0.3) is 0 Å². The molecule has 0 aromatic heterocycles. The maximum Gasteiger partial charge on any atom is 0.415 e. The summed E-state index contributed by atoms with van der Waals surface area (Å²) in [6.07, 6.45) is -0.985. The van der Waals surface area contributed by atoms with Gasteiger partial charge in [0.2, 0.25) is 6.10 Å². The Hall–Kier alpha value is -2.16. The van der Waals surface area contributed by atoms with Crippen molar-refractivity contribution in [3.63, 3.8) is 0 Å². The van der Waals surface area contributed by atoms with E-state index >= 15 is 0 Å². The van der Waals surface area contributed by atoms with Crippen molar-refractivity contribution in [1.29, 1.82) is 0 Å². The van der Waals surface area contributed by atoms with Gasteiger partial charge in [-0.3, -0.25) is 9.11 Å². The molecule has 2 heterocycles. The van der Waals surface area contributed by atoms with Gasteiger partial charge >= 0.3 is 12.1 Å². The number of hydrogen-bond donors (Lipinski definition) is 0. The third kappa shape index (κ3) is 3.76. The summed E-state index contributed by atoms with van der Waals surface area (Å²) in [7, 11) is 0.353. The summed E-state index contributed by atoms with van der Waals surface area (Å²) in [5.74, 6) is 0.0237. The Morgan fingerprint density at radius 1 is 1.36 bits per heavy atom. The standard InChI is InChI=1S/C16H19FN2O5S/c1-23-15(20)14-10-19(16(21)24-14)11-3-4-13(12(17)9-11)18-5-2-7-25(22)8-6-18/h3-4,9,14H,2,5-8,10H2,1H3. The second kappa shape index (κ2) is 7.38. The monoisotopic (exact) mass is 370 g/mol. The number of hydrogen-bond acceptors (Lipinski definition) is 6. The number of carbonyl (C=O) groups is 2. The molecule has 0 radical (unpaired) electrons. The number of amides is 1. The number of carbonyl (C=O) groups excluding carboxylic acids is 2. The maximum absolute atomic E-state index is 14.6. The summed E-state index contributed by atoms with van der Waals surface area (Å²) in [5.41, 5.74) is 0.732. The first kappa shape index (κ1) is 17.7. The van der Waals surface area contributed by atoms with E-state index in [0.29, 0.717) is 36.0 Å². The summed E-state index contributed by atoms with van der Waals surface area (Å²) < 4.78 is 35.7. The number of methoxy groups -OCH3 is 1. The van der Waals surface area contributed by atoms with Crippen LogP contribution in [-0.2, 0) is 25.1 Å². The van der Waals surface area contributed by atoms with Crippen LogP contribution in [0.3, 0.4) is 0 Å². The number of halogens is 1. The number of anilines is 2. The zero-order valence-corrected chi connectivity index (χ0v) is 14.6. The molecule has 2 atom stereocenters. The lowest BCUT2D eigenvalue weighted by atomic mass is 10.2. The quantitative estimate of drug-likeness (QED) is 0.746. The molecule has 9 heteroatoms. The van der Waals surface area contributed by atoms with Gasteiger partial charge in [-0.05, 0) is 24.6 Å². The van der Waals surface area contributed by atoms with Gasteiger partial charge in [-0.25, -0.2) is 14.0 Å². The fourth-order valence-corrected chi connectivity index (χ4v) is 4.01. The lowest BCUT2D eigenvalue weighted by Crippen LogP contribution is -2.29. The highest BCUT2D eigenvalue weighted by atomic mass is 32.2. The summed E-state index contributed by atoms with van der Waals surface area (Å²) in [4.78, 5) is 26.5. The van der Waals surface area contributed by atoms with Crippen LogP contribution in [-0.4, -0.2) is 60.6 Å². The van der Waals surface area contributed by atoms with Crippen molar-refractivity contribution in [1.82, 2.24) is 0 Å². The van der Waals surface area contributed by atoms with Crippen LogP contribution in [0.15, 0.2) is 18.2 Å². The third-order valence-electron chi connectivity index (χ3n) is 4.25. The smallest absolute Gasteiger partial charge is 0.415 e. The summed E-state index contributed by atoms with van der Waals surface area (Å²) >= 11 is 0. The number of rotatable bonds is 3. The average molecular weight is 370 g/mol. The van der Waals surface area contributed by atoms with Gasteiger partial charge < -0.3 is 14.4 Å². The summed E-state index contributed by atoms with van der Waals surface area (Å²) in [6, 6.07) is 4.46. The molecule has 2 unspecified atom stereocenters. The van der Waals surface area contributed by atoms with Crippen LogP contribution < -0.4 is 9.80 Å². The highest BCUT2D eigenvalue weighted by molar-refractivity contribution is 7.85. The second-order valence-corrected chi connectivity index (χ2v) is 7.53. The maximum atomic E-state index is 14.6. The Labute approximate surface area is 147 Å². The molecule has 2 aliphatic heterocycles. The van der Waals surface area contributed by atoms with E-state index in [9.17, 15) is 18.2 Å². The Morgan fingerprint density at radius 3 is 2.88 bits per heavy atom. The SMILES string of the molecule is COC(=O)C1CN(c2ccc(N3CCCS(=O)CC3)c(F)c2)C(=O)O1. The molecule has 0 spiro atoms. The largest absolute Gasteiger partial charge is 0.466 e. The third-order valence-corrected chi connectivity index (χ3v) is 5.63. The van der Waals surface area contributed by atoms with E-state index in [2.05, 4.69) is 4.74 Å². The summed E-state index contributed by atoms with van der Waals surface area (Å²) in [6.45, 7) is 1.14. The first-order valence-corrected chi connectivity index (χ1v) is 9.44. The fraction of sp³-hybridized carbons (Fsp3) is 0.500. The minimum absolute atomic E-state index is 0.0208. The van der Waals surface area contributed by atoms with Gasteiger partial charge in [0, 0.05) is 35.4 Å². The van der Waals surface area contributed by atoms with E-state index in [1.165, 1.54) is 18.1 Å². The molecule has 2 saturated heterocycles. The van der Waals surface area contributed by atoms with Crippen molar-refractivity contribution < 1.29 is 27.7 Å². The van der Waals surface area contributed by atoms with Gasteiger partial charge in [-0.15, -0.1) is 0 Å². The molecule has 7 nitrogen and oxygen atoms in total. The average Bonchev–Trinajstić information content (AvgIpc) is 2.86. The molecule has 0 N–H and O–H groups in total. The number of benzene rings is 1. The van der Waals surface area contributed by atoms with Gasteiger partial charge in [0.15, 0.2) is 0 Å². The number of esters is 1. The Bertz CT molecular complexity index is 714. The van der Waals surface area contributed by atoms with Gasteiger partial charge in [-0.2, -0.15) is 0 Å². The van der Waals surface area contributed by atoms with Crippen LogP contribution in [0.4, 0.5) is 20.6 Å². The predicted octanol–water partition coefficient (Wildman–Crippen LogP) is 1.28. The molecule has 1 aromatic rings. The highest BCUT2D eigenvalue weighted by Gasteiger charge is 2.38. The zero-order chi connectivity index (χ0) is 18.0. The lowest BCUT2D eigenvalue weighted by Gasteiger charge is -2.23. The molecule has 136 valence electrons. The summed E-state index contributed by atoms with van der Waals surface area (Å²) in [5, 5.41) is 0. The molecule has 0 bridgehead atoms. The lowest BCUT2D eigenvalue weighted by molar-refractivity contribution is -0.148. The topological polar surface area (TPSA) is 76.2 Å². The first-order chi connectivity index (χ1) is 12.0. The number of ether oxygens (including phenoxy) is 2. The number of nitrogens with zero attached hydrogens (tertiary/aromatic N) is 2. The van der Waals surface area contributed by atoms with Crippen LogP contribution in [0.2, 0.25) is 0 Å². The van der Waals surface area contributed by atoms with Crippen molar-refractivity contribution in [2.45, 2.75) is 12.5 Å². The Kier molecular flexibility index (Phi) is 5.22. The molecular formula is C16H19FN2O5S. The minimum Gasteiger partial charge on any atom is -0.466 e. The van der Waals surface area contributed by atoms with E-state index in [0.717, 1.165) is 6.42 Å². The Morgan fingerprint density at radius 2 is 2.16 bits per heavy atom. The first-order valence-electron chi connectivity index (χ1n) is 7.95. The zero-order valence-electron chi connectivity index (χ0n) is 13.8. The van der Waals surface area contributed by atoms with Gasteiger partial charge in [0.25, 0.3) is 0 Å². The molecule has 1 aromatic carbocycles. The minimum atomic E-state index is -1.01. The van der Waals surface area contributed by atoms with E-state index in [-0.39, 0.29) is 6.54 Å². The second-order valence-electron chi connectivity index (χ2n) is 5.83. The molecule has 3 rings (SSSR count). The predicted molar refractivity (Wildman–Crippen MR) is 90.7 cm³/mol. The van der Waals surface area contributed by atoms with Gasteiger partial charge in [-0.1, -0.05) is 0 Å². The Balaban J connectivity index is 1.77. The van der Waals surface area contributed by atoms with E-state index < -0.39 is 34.8 Å². The van der Waals surface area contributed by atoms with E-state index in [1.807, 2.05) is 4.90 Å². The molecule has 1 amide bonds. The van der Waals surface area contributed by atoms with E-state index in [1.54, 1.807) is 12.1 Å². The fourth-order valence-electron chi connectivity index (χ4n) is 2.93. The molecule has 0 aliphatic carbocycles. The molecule has 2 fully saturated rings. The van der Waals surface area contributed by atoms with Crippen molar-refractivity contribution in [2.24, 2.45) is 0 Å². The van der Waals surface area contributed by atoms with Crippen molar-refractivity contribution in [3.05, 3.63) is 24.0 Å².